The first kappa shape index (κ1) is 26.1. The molecule has 0 unspecified atom stereocenters. The molecule has 192 valence electrons. The Kier molecular flexibility index (Phi) is 8.84. The molecule has 35 heavy (non-hydrogen) atoms. The van der Waals surface area contributed by atoms with E-state index in [9.17, 15) is 14.4 Å². The number of esters is 1. The minimum atomic E-state index is -1.16. The number of rotatable bonds is 8. The average molecular weight is 505 g/mol. The zero-order chi connectivity index (χ0) is 24.8. The van der Waals surface area contributed by atoms with Gasteiger partial charge < -0.3 is 20.1 Å². The Morgan fingerprint density at radius 3 is 2.20 bits per heavy atom. The summed E-state index contributed by atoms with van der Waals surface area (Å²) in [7, 11) is 0. The molecule has 0 spiro atoms. The van der Waals surface area contributed by atoms with Gasteiger partial charge in [0.1, 0.15) is 0 Å². The Bertz CT molecular complexity index is 883. The van der Waals surface area contributed by atoms with Gasteiger partial charge in [0.15, 0.2) is 11.4 Å². The normalized spacial score (nSPS) is 26.8. The van der Waals surface area contributed by atoms with E-state index in [0.29, 0.717) is 49.8 Å². The van der Waals surface area contributed by atoms with Crippen molar-refractivity contribution in [3.05, 3.63) is 34.9 Å². The summed E-state index contributed by atoms with van der Waals surface area (Å²) in [4.78, 5) is 40.1. The lowest BCUT2D eigenvalue weighted by Gasteiger charge is -2.39. The van der Waals surface area contributed by atoms with Crippen molar-refractivity contribution >= 4 is 29.3 Å². The van der Waals surface area contributed by atoms with Crippen molar-refractivity contribution in [2.75, 3.05) is 32.8 Å². The van der Waals surface area contributed by atoms with Crippen LogP contribution >= 0.6 is 11.6 Å². The molecular weight excluding hydrogens is 468 g/mol. The predicted molar refractivity (Wildman–Crippen MR) is 133 cm³/mol. The summed E-state index contributed by atoms with van der Waals surface area (Å²) in [5.41, 5.74) is 5.30. The van der Waals surface area contributed by atoms with Crippen LogP contribution in [0.15, 0.2) is 24.3 Å². The number of benzene rings is 1. The minimum absolute atomic E-state index is 0.0729. The summed E-state index contributed by atoms with van der Waals surface area (Å²) in [5.74, 6) is -0.259. The Hall–Kier alpha value is -1.96. The number of hydrogen-bond donors (Lipinski definition) is 1. The van der Waals surface area contributed by atoms with Crippen molar-refractivity contribution < 1.29 is 23.9 Å². The first-order chi connectivity index (χ1) is 16.9. The number of halogens is 1. The molecule has 7 nitrogen and oxygen atoms in total. The van der Waals surface area contributed by atoms with E-state index in [0.717, 1.165) is 57.3 Å². The van der Waals surface area contributed by atoms with Crippen LogP contribution in [-0.2, 0) is 19.1 Å². The number of carbonyl (C=O) groups excluding carboxylic acids is 3. The fourth-order valence-electron chi connectivity index (χ4n) is 5.67. The zero-order valence-corrected chi connectivity index (χ0v) is 21.1. The molecule has 1 aliphatic carbocycles. The van der Waals surface area contributed by atoms with Crippen molar-refractivity contribution in [2.45, 2.75) is 63.4 Å². The van der Waals surface area contributed by atoms with E-state index in [2.05, 4.69) is 4.90 Å². The Morgan fingerprint density at radius 1 is 0.971 bits per heavy atom. The third kappa shape index (κ3) is 6.63. The monoisotopic (exact) mass is 504 g/mol. The van der Waals surface area contributed by atoms with Gasteiger partial charge in [-0.2, -0.15) is 0 Å². The van der Waals surface area contributed by atoms with Crippen LogP contribution in [0.4, 0.5) is 0 Å². The van der Waals surface area contributed by atoms with Crippen LogP contribution in [0.1, 0.15) is 68.1 Å². The molecule has 0 atom stereocenters. The van der Waals surface area contributed by atoms with Crippen molar-refractivity contribution in [2.24, 2.45) is 23.5 Å². The van der Waals surface area contributed by atoms with Gasteiger partial charge in [0, 0.05) is 29.7 Å². The number of carbonyl (C=O) groups is 3. The molecule has 8 heteroatoms. The van der Waals surface area contributed by atoms with Gasteiger partial charge in [-0.25, -0.2) is 0 Å². The molecule has 1 aromatic carbocycles. The molecule has 4 rings (SSSR count). The maximum absolute atomic E-state index is 12.8. The number of ketones is 1. The summed E-state index contributed by atoms with van der Waals surface area (Å²) >= 11 is 5.94. The second kappa shape index (κ2) is 11.8. The van der Waals surface area contributed by atoms with Crippen molar-refractivity contribution in [3.8, 4) is 0 Å². The fourth-order valence-corrected chi connectivity index (χ4v) is 5.80. The number of nitrogens with two attached hydrogens (primary N) is 1. The van der Waals surface area contributed by atoms with Crippen LogP contribution in [0, 0.1) is 17.8 Å². The maximum atomic E-state index is 12.8. The lowest BCUT2D eigenvalue weighted by molar-refractivity contribution is -0.178. The minimum Gasteiger partial charge on any atom is -0.449 e. The van der Waals surface area contributed by atoms with E-state index in [4.69, 9.17) is 26.8 Å². The number of Topliss-reactive ketones (excluding diaryl/α,β-unsaturated/α-hetero) is 1. The lowest BCUT2D eigenvalue weighted by atomic mass is 9.76. The Morgan fingerprint density at radius 2 is 1.60 bits per heavy atom. The third-order valence-corrected chi connectivity index (χ3v) is 8.41. The molecule has 1 aromatic rings. The summed E-state index contributed by atoms with van der Waals surface area (Å²) in [6.45, 7) is 3.93. The second-order valence-corrected chi connectivity index (χ2v) is 10.8. The van der Waals surface area contributed by atoms with Gasteiger partial charge in [-0.15, -0.1) is 0 Å². The van der Waals surface area contributed by atoms with E-state index in [1.807, 2.05) is 12.1 Å². The molecular formula is C27H37ClN2O5. The van der Waals surface area contributed by atoms with Gasteiger partial charge >= 0.3 is 5.97 Å². The molecule has 1 amide bonds. The van der Waals surface area contributed by atoms with Crippen LogP contribution in [-0.4, -0.2) is 61.0 Å². The maximum Gasteiger partial charge on any atom is 0.310 e. The standard InChI is InChI=1S/C27H37ClN2O5/c28-23-3-1-20(2-4-23)24(31)21-8-15-30(16-9-21)14-7-19-5-12-27(13-6-19,26(29)33)35-25(32)22-10-17-34-18-11-22/h1-4,19,21-22H,5-18H2,(H2,29,33). The van der Waals surface area contributed by atoms with E-state index in [1.165, 1.54) is 0 Å². The highest BCUT2D eigenvalue weighted by atomic mass is 35.5. The fraction of sp³-hybridized carbons (Fsp3) is 0.667. The van der Waals surface area contributed by atoms with E-state index >= 15 is 0 Å². The van der Waals surface area contributed by atoms with Gasteiger partial charge in [0.2, 0.25) is 0 Å². The van der Waals surface area contributed by atoms with Crippen LogP contribution in [0.3, 0.4) is 0 Å². The smallest absolute Gasteiger partial charge is 0.310 e. The highest BCUT2D eigenvalue weighted by Crippen LogP contribution is 2.38. The molecule has 2 aliphatic heterocycles. The van der Waals surface area contributed by atoms with Gasteiger partial charge in [0.25, 0.3) is 5.91 Å². The molecule has 0 radical (unpaired) electrons. The quantitative estimate of drug-likeness (QED) is 0.424. The first-order valence-corrected chi connectivity index (χ1v) is 13.4. The summed E-state index contributed by atoms with van der Waals surface area (Å²) in [6, 6.07) is 7.17. The number of piperidine rings is 1. The molecule has 2 N–H and O–H groups in total. The number of primary amides is 1. The zero-order valence-electron chi connectivity index (χ0n) is 20.4. The third-order valence-electron chi connectivity index (χ3n) is 8.15. The van der Waals surface area contributed by atoms with Crippen molar-refractivity contribution in [1.82, 2.24) is 4.90 Å². The first-order valence-electron chi connectivity index (χ1n) is 13.0. The number of nitrogens with zero attached hydrogens (tertiary/aromatic N) is 1. The number of hydrogen-bond acceptors (Lipinski definition) is 6. The van der Waals surface area contributed by atoms with E-state index < -0.39 is 11.5 Å². The molecule has 3 aliphatic rings. The molecule has 0 bridgehead atoms. The van der Waals surface area contributed by atoms with Crippen LogP contribution in [0.5, 0.6) is 0 Å². The van der Waals surface area contributed by atoms with Crippen LogP contribution in [0.25, 0.3) is 0 Å². The topological polar surface area (TPSA) is 98.9 Å². The van der Waals surface area contributed by atoms with E-state index in [-0.39, 0.29) is 23.6 Å². The van der Waals surface area contributed by atoms with E-state index in [1.54, 1.807) is 12.1 Å². The predicted octanol–water partition coefficient (Wildman–Crippen LogP) is 4.01. The van der Waals surface area contributed by atoms with Crippen LogP contribution < -0.4 is 5.73 Å². The Balaban J connectivity index is 1.20. The summed E-state index contributed by atoms with van der Waals surface area (Å²) < 4.78 is 11.1. The second-order valence-electron chi connectivity index (χ2n) is 10.4. The van der Waals surface area contributed by atoms with Gasteiger partial charge in [-0.1, -0.05) is 11.6 Å². The molecule has 2 saturated heterocycles. The molecule has 2 heterocycles. The summed E-state index contributed by atoms with van der Waals surface area (Å²) in [6.07, 6.45) is 6.72. The number of amides is 1. The Labute approximate surface area is 212 Å². The lowest BCUT2D eigenvalue weighted by Crippen LogP contribution is -2.51. The van der Waals surface area contributed by atoms with Gasteiger partial charge in [-0.05, 0) is 108 Å². The molecule has 1 saturated carbocycles. The highest BCUT2D eigenvalue weighted by molar-refractivity contribution is 6.30. The SMILES string of the molecule is NC(=O)C1(OC(=O)C2CCOCC2)CCC(CCN2CCC(C(=O)c3ccc(Cl)cc3)CC2)CC1. The average Bonchev–Trinajstić information content (AvgIpc) is 2.89. The molecule has 3 fully saturated rings. The molecule has 0 aromatic heterocycles. The summed E-state index contributed by atoms with van der Waals surface area (Å²) in [5, 5.41) is 0.643. The van der Waals surface area contributed by atoms with Crippen molar-refractivity contribution in [3.63, 3.8) is 0 Å². The van der Waals surface area contributed by atoms with Gasteiger partial charge in [0.05, 0.1) is 5.92 Å². The number of ether oxygens (including phenoxy) is 2. The highest BCUT2D eigenvalue weighted by Gasteiger charge is 2.45. The number of likely N-dealkylation sites (tertiary alicyclic amines) is 1. The van der Waals surface area contributed by atoms with Crippen LogP contribution in [0.2, 0.25) is 5.02 Å². The van der Waals surface area contributed by atoms with Crippen molar-refractivity contribution in [1.29, 1.82) is 0 Å². The van der Waals surface area contributed by atoms with Gasteiger partial charge in [-0.3, -0.25) is 14.4 Å². The largest absolute Gasteiger partial charge is 0.449 e.